The molecule has 1 aromatic rings. The molecule has 1 aliphatic carbocycles. The lowest BCUT2D eigenvalue weighted by molar-refractivity contribution is -0.122. The maximum Gasteiger partial charge on any atom is 0.136 e. The van der Waals surface area contributed by atoms with Crippen molar-refractivity contribution >= 4 is 5.78 Å². The Labute approximate surface area is 103 Å². The molecule has 2 atom stereocenters. The van der Waals surface area contributed by atoms with Gasteiger partial charge in [-0.15, -0.1) is 0 Å². The van der Waals surface area contributed by atoms with Crippen LogP contribution in [0.3, 0.4) is 0 Å². The van der Waals surface area contributed by atoms with Crippen LogP contribution in [-0.2, 0) is 11.2 Å². The summed E-state index contributed by atoms with van der Waals surface area (Å²) in [6, 6.07) is 4.28. The maximum atomic E-state index is 11.9. The molecule has 1 heterocycles. The second-order valence-corrected chi connectivity index (χ2v) is 5.19. The summed E-state index contributed by atoms with van der Waals surface area (Å²) in [5, 5.41) is 0. The van der Waals surface area contributed by atoms with E-state index in [2.05, 4.69) is 24.0 Å². The van der Waals surface area contributed by atoms with E-state index in [1.165, 1.54) is 5.56 Å². The third-order valence-corrected chi connectivity index (χ3v) is 3.87. The fraction of sp³-hybridized carbons (Fsp3) is 0.600. The van der Waals surface area contributed by atoms with Crippen molar-refractivity contribution in [3.63, 3.8) is 0 Å². The molecule has 0 unspecified atom stereocenters. The minimum absolute atomic E-state index is 0.193. The molecule has 0 aromatic carbocycles. The van der Waals surface area contributed by atoms with Gasteiger partial charge in [0.15, 0.2) is 0 Å². The Morgan fingerprint density at radius 1 is 1.41 bits per heavy atom. The van der Waals surface area contributed by atoms with Crippen LogP contribution in [0.1, 0.15) is 56.0 Å². The van der Waals surface area contributed by atoms with Crippen LogP contribution in [-0.4, -0.2) is 10.8 Å². The van der Waals surface area contributed by atoms with Crippen molar-refractivity contribution in [3.05, 3.63) is 29.1 Å². The Morgan fingerprint density at radius 2 is 2.18 bits per heavy atom. The summed E-state index contributed by atoms with van der Waals surface area (Å²) in [6.07, 6.45) is 3.62. The van der Waals surface area contributed by atoms with E-state index in [9.17, 15) is 4.79 Å². The van der Waals surface area contributed by atoms with Gasteiger partial charge in [0, 0.05) is 23.7 Å². The predicted molar refractivity (Wildman–Crippen MR) is 69.1 cm³/mol. The summed E-state index contributed by atoms with van der Waals surface area (Å²) < 4.78 is 0. The number of hydrogen-bond acceptors (Lipinski definition) is 2. The van der Waals surface area contributed by atoms with Crippen molar-refractivity contribution in [3.8, 4) is 0 Å². The largest absolute Gasteiger partial charge is 0.299 e. The summed E-state index contributed by atoms with van der Waals surface area (Å²) in [5.74, 6) is 1.12. The first-order valence-electron chi connectivity index (χ1n) is 6.61. The maximum absolute atomic E-state index is 11.9. The monoisotopic (exact) mass is 231 g/mol. The molecule has 0 radical (unpaired) electrons. The Morgan fingerprint density at radius 3 is 2.88 bits per heavy atom. The van der Waals surface area contributed by atoms with Gasteiger partial charge in [-0.05, 0) is 43.7 Å². The van der Waals surface area contributed by atoms with Crippen molar-refractivity contribution in [2.24, 2.45) is 5.92 Å². The number of nitrogens with zero attached hydrogens (tertiary/aromatic N) is 1. The van der Waals surface area contributed by atoms with E-state index >= 15 is 0 Å². The number of pyridine rings is 1. The molecule has 0 N–H and O–H groups in total. The Balaban J connectivity index is 2.33. The van der Waals surface area contributed by atoms with Crippen LogP contribution in [0.25, 0.3) is 0 Å². The lowest BCUT2D eigenvalue weighted by Gasteiger charge is -2.12. The van der Waals surface area contributed by atoms with E-state index in [-0.39, 0.29) is 5.92 Å². The quantitative estimate of drug-likeness (QED) is 0.730. The number of ketones is 1. The first-order chi connectivity index (χ1) is 8.11. The molecule has 0 saturated heterocycles. The highest BCUT2D eigenvalue weighted by atomic mass is 16.1. The normalized spacial score (nSPS) is 23.9. The van der Waals surface area contributed by atoms with Crippen molar-refractivity contribution in [1.82, 2.24) is 4.98 Å². The van der Waals surface area contributed by atoms with Crippen LogP contribution in [0.2, 0.25) is 0 Å². The van der Waals surface area contributed by atoms with E-state index < -0.39 is 0 Å². The molecule has 0 saturated carbocycles. The molecule has 0 bridgehead atoms. The number of hydrogen-bond donors (Lipinski definition) is 0. The summed E-state index contributed by atoms with van der Waals surface area (Å²) >= 11 is 0. The van der Waals surface area contributed by atoms with E-state index in [0.717, 1.165) is 30.7 Å². The van der Waals surface area contributed by atoms with E-state index in [0.29, 0.717) is 18.1 Å². The highest BCUT2D eigenvalue weighted by Gasteiger charge is 2.25. The molecular formula is C15H21NO. The Bertz CT molecular complexity index is 425. The van der Waals surface area contributed by atoms with Crippen molar-refractivity contribution < 1.29 is 4.79 Å². The van der Waals surface area contributed by atoms with Gasteiger partial charge in [0.2, 0.25) is 0 Å². The number of aryl methyl sites for hydroxylation is 1. The summed E-state index contributed by atoms with van der Waals surface area (Å²) in [7, 11) is 0. The fourth-order valence-electron chi connectivity index (χ4n) is 2.74. The molecule has 92 valence electrons. The van der Waals surface area contributed by atoms with Gasteiger partial charge < -0.3 is 0 Å². The van der Waals surface area contributed by atoms with Gasteiger partial charge >= 0.3 is 0 Å². The number of carbonyl (C=O) groups is 1. The Kier molecular flexibility index (Phi) is 3.60. The molecule has 17 heavy (non-hydrogen) atoms. The highest BCUT2D eigenvalue weighted by Crippen LogP contribution is 2.32. The van der Waals surface area contributed by atoms with Gasteiger partial charge in [0.25, 0.3) is 0 Å². The van der Waals surface area contributed by atoms with E-state index in [4.69, 9.17) is 0 Å². The molecule has 1 aliphatic rings. The lowest BCUT2D eigenvalue weighted by Crippen LogP contribution is -2.16. The predicted octanol–water partition coefficient (Wildman–Crippen LogP) is 3.43. The number of fused-ring (bicyclic) bond motifs is 1. The van der Waals surface area contributed by atoms with Gasteiger partial charge in [-0.2, -0.15) is 0 Å². The minimum Gasteiger partial charge on any atom is -0.299 e. The standard InChI is InChI=1S/C15H21NO/c1-4-15(17)12-7-5-10(2)13-8-6-11(3)16-14(13)9-12/h6,8,10,12H,4-5,7,9H2,1-3H3/t10-,12+/m0/s1. The van der Waals surface area contributed by atoms with Gasteiger partial charge in [-0.1, -0.05) is 19.9 Å². The first-order valence-corrected chi connectivity index (χ1v) is 6.61. The fourth-order valence-corrected chi connectivity index (χ4v) is 2.74. The number of aromatic nitrogens is 1. The molecule has 2 rings (SSSR count). The molecule has 2 nitrogen and oxygen atoms in total. The summed E-state index contributed by atoms with van der Waals surface area (Å²) in [5.41, 5.74) is 3.56. The lowest BCUT2D eigenvalue weighted by atomic mass is 9.93. The van der Waals surface area contributed by atoms with Crippen LogP contribution < -0.4 is 0 Å². The summed E-state index contributed by atoms with van der Waals surface area (Å²) in [6.45, 7) is 6.22. The van der Waals surface area contributed by atoms with Gasteiger partial charge in [-0.25, -0.2) is 0 Å². The molecule has 0 aliphatic heterocycles. The minimum atomic E-state index is 0.193. The second kappa shape index (κ2) is 4.99. The molecule has 0 amide bonds. The molecule has 0 fully saturated rings. The van der Waals surface area contributed by atoms with Crippen LogP contribution in [0, 0.1) is 12.8 Å². The first kappa shape index (κ1) is 12.3. The third-order valence-electron chi connectivity index (χ3n) is 3.87. The number of carbonyl (C=O) groups excluding carboxylic acids is 1. The highest BCUT2D eigenvalue weighted by molar-refractivity contribution is 5.81. The Hall–Kier alpha value is -1.18. The SMILES string of the molecule is CCC(=O)[C@@H]1CC[C@H](C)c2ccc(C)nc2C1. The van der Waals surface area contributed by atoms with Crippen LogP contribution >= 0.6 is 0 Å². The van der Waals surface area contributed by atoms with Crippen molar-refractivity contribution in [1.29, 1.82) is 0 Å². The molecular weight excluding hydrogens is 210 g/mol. The van der Waals surface area contributed by atoms with Gasteiger partial charge in [0.05, 0.1) is 0 Å². The summed E-state index contributed by atoms with van der Waals surface area (Å²) in [4.78, 5) is 16.5. The van der Waals surface area contributed by atoms with E-state index in [1.807, 2.05) is 13.8 Å². The second-order valence-electron chi connectivity index (χ2n) is 5.19. The van der Waals surface area contributed by atoms with Crippen LogP contribution in [0.4, 0.5) is 0 Å². The zero-order valence-corrected chi connectivity index (χ0v) is 11.0. The third kappa shape index (κ3) is 2.56. The van der Waals surface area contributed by atoms with Crippen molar-refractivity contribution in [2.45, 2.75) is 52.4 Å². The number of Topliss-reactive ketones (excluding diaryl/α,β-unsaturated/α-hetero) is 1. The van der Waals surface area contributed by atoms with Crippen LogP contribution in [0.5, 0.6) is 0 Å². The average molecular weight is 231 g/mol. The van der Waals surface area contributed by atoms with Crippen molar-refractivity contribution in [2.75, 3.05) is 0 Å². The zero-order chi connectivity index (χ0) is 12.4. The number of rotatable bonds is 2. The molecule has 1 aromatic heterocycles. The molecule has 2 heteroatoms. The zero-order valence-electron chi connectivity index (χ0n) is 11.0. The smallest absolute Gasteiger partial charge is 0.136 e. The average Bonchev–Trinajstić information content (AvgIpc) is 2.48. The molecule has 0 spiro atoms. The van der Waals surface area contributed by atoms with Crippen LogP contribution in [0.15, 0.2) is 12.1 Å². The topological polar surface area (TPSA) is 30.0 Å². The van der Waals surface area contributed by atoms with Gasteiger partial charge in [0.1, 0.15) is 5.78 Å². The van der Waals surface area contributed by atoms with E-state index in [1.54, 1.807) is 0 Å². The van der Waals surface area contributed by atoms with Gasteiger partial charge in [-0.3, -0.25) is 9.78 Å².